The smallest absolute Gasteiger partial charge is 0.394 e. The van der Waals surface area contributed by atoms with Gasteiger partial charge in [0.05, 0.1) is 22.8 Å². The molecule has 0 aliphatic heterocycles. The molecule has 0 saturated heterocycles. The van der Waals surface area contributed by atoms with Crippen LogP contribution in [0.4, 0.5) is 4.39 Å². The number of hydrogen-bond acceptors (Lipinski definition) is 6. The Morgan fingerprint density at radius 1 is 1.54 bits per heavy atom. The van der Waals surface area contributed by atoms with Crippen molar-refractivity contribution in [1.82, 2.24) is 15.2 Å². The van der Waals surface area contributed by atoms with Gasteiger partial charge in [0.1, 0.15) is 12.4 Å². The van der Waals surface area contributed by atoms with E-state index in [9.17, 15) is 9.18 Å². The van der Waals surface area contributed by atoms with E-state index in [1.807, 2.05) is 6.92 Å². The molecule has 0 saturated carbocycles. The average Bonchev–Trinajstić information content (AvgIpc) is 3.01. The Bertz CT molecular complexity index is 862. The molecule has 1 aromatic heterocycles. The van der Waals surface area contributed by atoms with E-state index in [-0.39, 0.29) is 21.7 Å². The summed E-state index contributed by atoms with van der Waals surface area (Å²) in [4.78, 5) is 22.1. The van der Waals surface area contributed by atoms with E-state index in [0.717, 1.165) is 17.4 Å². The maximum Gasteiger partial charge on any atom is 0.446 e. The fraction of sp³-hybridized carbons (Fsp3) is 0.312. The molecule has 0 atom stereocenters. The summed E-state index contributed by atoms with van der Waals surface area (Å²) in [6.45, 7) is 6.30. The zero-order valence-electron chi connectivity index (χ0n) is 14.3. The van der Waals surface area contributed by atoms with Gasteiger partial charge in [0, 0.05) is 0 Å². The van der Waals surface area contributed by atoms with Crippen molar-refractivity contribution in [2.45, 2.75) is 19.8 Å². The van der Waals surface area contributed by atoms with Crippen molar-refractivity contribution in [2.24, 2.45) is 5.16 Å². The van der Waals surface area contributed by atoms with Gasteiger partial charge in [-0.25, -0.2) is 19.2 Å². The van der Waals surface area contributed by atoms with Crippen LogP contribution in [0, 0.1) is 5.82 Å². The predicted molar refractivity (Wildman–Crippen MR) is 97.2 cm³/mol. The second-order valence-corrected chi connectivity index (χ2v) is 5.97. The van der Waals surface area contributed by atoms with Gasteiger partial charge < -0.3 is 4.84 Å². The Hall–Kier alpha value is -2.46. The minimum atomic E-state index is -0.761. The summed E-state index contributed by atoms with van der Waals surface area (Å²) in [5, 5.41) is 7.64. The molecule has 0 fully saturated rings. The highest BCUT2D eigenvalue weighted by Crippen LogP contribution is 2.21. The highest BCUT2D eigenvalue weighted by molar-refractivity contribution is 9.10. The fourth-order valence-electron chi connectivity index (χ4n) is 1.95. The lowest BCUT2D eigenvalue weighted by Crippen LogP contribution is -2.26. The predicted octanol–water partition coefficient (Wildman–Crippen LogP) is 3.02. The molecule has 0 unspecified atom stereocenters. The number of nitrogens with zero attached hydrogens (tertiary/aromatic N) is 3. The quantitative estimate of drug-likeness (QED) is 0.300. The minimum Gasteiger partial charge on any atom is -0.394 e. The van der Waals surface area contributed by atoms with Gasteiger partial charge in [0.2, 0.25) is 0 Å². The Morgan fingerprint density at radius 2 is 2.31 bits per heavy atom. The molecule has 0 bridgehead atoms. The van der Waals surface area contributed by atoms with Crippen LogP contribution in [0.25, 0.3) is 11.3 Å². The summed E-state index contributed by atoms with van der Waals surface area (Å²) in [6, 6.07) is 4.04. The summed E-state index contributed by atoms with van der Waals surface area (Å²) in [6.07, 6.45) is 1.78. The SMILES string of the molecule is C=C(C(=NOCCCC)NOC)c1noc(=O)n1-c1ccc(F)c(Br)c1. The molecule has 1 heterocycles. The first-order valence-corrected chi connectivity index (χ1v) is 8.51. The number of hydroxylamine groups is 1. The van der Waals surface area contributed by atoms with Crippen molar-refractivity contribution in [3.63, 3.8) is 0 Å². The first-order chi connectivity index (χ1) is 12.5. The van der Waals surface area contributed by atoms with Crippen molar-refractivity contribution in [3.8, 4) is 5.69 Å². The van der Waals surface area contributed by atoms with Crippen LogP contribution >= 0.6 is 15.9 Å². The molecule has 0 amide bonds. The normalized spacial score (nSPS) is 11.5. The van der Waals surface area contributed by atoms with Crippen LogP contribution < -0.4 is 11.2 Å². The lowest BCUT2D eigenvalue weighted by Gasteiger charge is -2.11. The molecular formula is C16H18BrFN4O4. The molecule has 2 aromatic rings. The first kappa shape index (κ1) is 19.9. The van der Waals surface area contributed by atoms with E-state index in [2.05, 4.69) is 38.3 Å². The van der Waals surface area contributed by atoms with E-state index in [1.54, 1.807) is 0 Å². The Kier molecular flexibility index (Phi) is 7.10. The van der Waals surface area contributed by atoms with Gasteiger partial charge in [0.25, 0.3) is 0 Å². The lowest BCUT2D eigenvalue weighted by atomic mass is 10.2. The number of aromatic nitrogens is 2. The van der Waals surface area contributed by atoms with E-state index in [1.165, 1.54) is 25.3 Å². The van der Waals surface area contributed by atoms with Gasteiger partial charge in [-0.2, -0.15) is 0 Å². The van der Waals surface area contributed by atoms with Crippen molar-refractivity contribution in [3.05, 3.63) is 51.4 Å². The average molecular weight is 429 g/mol. The highest BCUT2D eigenvalue weighted by Gasteiger charge is 2.20. The van der Waals surface area contributed by atoms with Crippen LogP contribution in [-0.4, -0.2) is 29.3 Å². The third-order valence-corrected chi connectivity index (χ3v) is 3.87. The number of amidine groups is 1. The molecule has 0 aliphatic carbocycles. The number of benzene rings is 1. The van der Waals surface area contributed by atoms with E-state index >= 15 is 0 Å². The standard InChI is InChI=1S/C16H18BrFN4O4/c1-4-5-8-25-20-14(19-24-3)10(2)15-21-26-16(23)22(15)11-6-7-13(18)12(17)9-11/h6-7,9H,2,4-5,8H2,1,3H3,(H,19,20). The van der Waals surface area contributed by atoms with Crippen molar-refractivity contribution in [2.75, 3.05) is 13.7 Å². The minimum absolute atomic E-state index is 0.0656. The molecule has 2 rings (SSSR count). The Balaban J connectivity index is 2.39. The second-order valence-electron chi connectivity index (χ2n) is 5.12. The number of nitrogens with one attached hydrogen (secondary N) is 1. The van der Waals surface area contributed by atoms with Crippen LogP contribution in [0.5, 0.6) is 0 Å². The van der Waals surface area contributed by atoms with E-state index < -0.39 is 11.6 Å². The zero-order chi connectivity index (χ0) is 19.1. The number of rotatable bonds is 8. The van der Waals surface area contributed by atoms with Crippen molar-refractivity contribution in [1.29, 1.82) is 0 Å². The van der Waals surface area contributed by atoms with Gasteiger partial charge in [0.15, 0.2) is 11.7 Å². The zero-order valence-corrected chi connectivity index (χ0v) is 15.9. The van der Waals surface area contributed by atoms with Crippen LogP contribution in [0.3, 0.4) is 0 Å². The third kappa shape index (κ3) is 4.58. The molecule has 1 aromatic carbocycles. The van der Waals surface area contributed by atoms with Gasteiger partial charge in [-0.3, -0.25) is 9.36 Å². The summed E-state index contributed by atoms with van der Waals surface area (Å²) < 4.78 is 19.5. The number of hydrogen-bond donors (Lipinski definition) is 1. The largest absolute Gasteiger partial charge is 0.446 e. The van der Waals surface area contributed by atoms with Crippen molar-refractivity contribution >= 4 is 27.3 Å². The van der Waals surface area contributed by atoms with E-state index in [0.29, 0.717) is 12.3 Å². The molecule has 1 N–H and O–H groups in total. The monoisotopic (exact) mass is 428 g/mol. The number of unbranched alkanes of at least 4 members (excludes halogenated alkanes) is 1. The number of halogens is 2. The maximum absolute atomic E-state index is 13.5. The topological polar surface area (TPSA) is 90.9 Å². The second kappa shape index (κ2) is 9.30. The van der Waals surface area contributed by atoms with Crippen LogP contribution in [0.15, 0.2) is 43.7 Å². The Labute approximate surface area is 157 Å². The summed E-state index contributed by atoms with van der Waals surface area (Å²) >= 11 is 3.08. The van der Waals surface area contributed by atoms with Crippen LogP contribution in [-0.2, 0) is 9.68 Å². The molecule has 10 heteroatoms. The van der Waals surface area contributed by atoms with Crippen LogP contribution in [0.2, 0.25) is 0 Å². The molecule has 26 heavy (non-hydrogen) atoms. The summed E-state index contributed by atoms with van der Waals surface area (Å²) in [5.41, 5.74) is 3.05. The first-order valence-electron chi connectivity index (χ1n) is 7.72. The van der Waals surface area contributed by atoms with Gasteiger partial charge >= 0.3 is 5.76 Å². The van der Waals surface area contributed by atoms with E-state index in [4.69, 9.17) is 14.2 Å². The molecule has 0 aliphatic rings. The molecule has 0 spiro atoms. The summed E-state index contributed by atoms with van der Waals surface area (Å²) in [5.74, 6) is -1.04. The third-order valence-electron chi connectivity index (χ3n) is 3.27. The number of oxime groups is 1. The van der Waals surface area contributed by atoms with Gasteiger partial charge in [-0.15, -0.1) is 0 Å². The lowest BCUT2D eigenvalue weighted by molar-refractivity contribution is 0.118. The molecule has 8 nitrogen and oxygen atoms in total. The molecule has 140 valence electrons. The van der Waals surface area contributed by atoms with Gasteiger partial charge in [-0.05, 0) is 40.5 Å². The molecule has 0 radical (unpaired) electrons. The van der Waals surface area contributed by atoms with Crippen LogP contribution in [0.1, 0.15) is 25.6 Å². The Morgan fingerprint density at radius 3 is 2.96 bits per heavy atom. The van der Waals surface area contributed by atoms with Gasteiger partial charge in [-0.1, -0.05) is 30.2 Å². The maximum atomic E-state index is 13.5. The summed E-state index contributed by atoms with van der Waals surface area (Å²) in [7, 11) is 1.39. The van der Waals surface area contributed by atoms with Crippen molar-refractivity contribution < 1.29 is 18.6 Å². The fourth-order valence-corrected chi connectivity index (χ4v) is 2.32. The molecular weight excluding hydrogens is 411 g/mol. The highest BCUT2D eigenvalue weighted by atomic mass is 79.9.